The molecule has 0 fully saturated rings. The van der Waals surface area contributed by atoms with Crippen LogP contribution in [0.4, 0.5) is 4.39 Å². The van der Waals surface area contributed by atoms with Gasteiger partial charge in [0.15, 0.2) is 0 Å². The molecule has 4 heteroatoms. The van der Waals surface area contributed by atoms with Crippen molar-refractivity contribution in [2.24, 2.45) is 0 Å². The number of carboxylic acids is 1. The summed E-state index contributed by atoms with van der Waals surface area (Å²) >= 11 is 0. The van der Waals surface area contributed by atoms with Crippen LogP contribution in [0.2, 0.25) is 0 Å². The highest BCUT2D eigenvalue weighted by atomic mass is 19.1. The van der Waals surface area contributed by atoms with E-state index < -0.39 is 11.8 Å². The summed E-state index contributed by atoms with van der Waals surface area (Å²) in [6.45, 7) is 4.87. The molecule has 0 amide bonds. The highest BCUT2D eigenvalue weighted by Crippen LogP contribution is 2.11. The largest absolute Gasteiger partial charge is 0.478 e. The molecular formula is C16H24FNO2. The normalized spacial score (nSPS) is 12.3. The van der Waals surface area contributed by atoms with Gasteiger partial charge in [-0.05, 0) is 31.0 Å². The smallest absolute Gasteiger partial charge is 0.338 e. The van der Waals surface area contributed by atoms with Gasteiger partial charge in [0.1, 0.15) is 5.82 Å². The molecule has 2 N–H and O–H groups in total. The van der Waals surface area contributed by atoms with Crippen molar-refractivity contribution in [1.29, 1.82) is 0 Å². The topological polar surface area (TPSA) is 49.3 Å². The molecule has 112 valence electrons. The van der Waals surface area contributed by atoms with Crippen LogP contribution in [0.25, 0.3) is 0 Å². The van der Waals surface area contributed by atoms with Gasteiger partial charge in [-0.25, -0.2) is 9.18 Å². The number of carboxylic acid groups (broad SMARTS) is 1. The lowest BCUT2D eigenvalue weighted by molar-refractivity contribution is 0.0692. The Morgan fingerprint density at radius 3 is 2.70 bits per heavy atom. The maximum Gasteiger partial charge on any atom is 0.338 e. The molecule has 1 aromatic rings. The molecule has 1 atom stereocenters. The number of unbranched alkanes of at least 4 members (excludes halogenated alkanes) is 3. The molecular weight excluding hydrogens is 257 g/mol. The first-order chi connectivity index (χ1) is 9.54. The van der Waals surface area contributed by atoms with Crippen molar-refractivity contribution < 1.29 is 14.3 Å². The quantitative estimate of drug-likeness (QED) is 0.673. The predicted molar refractivity (Wildman–Crippen MR) is 78.4 cm³/mol. The van der Waals surface area contributed by atoms with Gasteiger partial charge in [0.25, 0.3) is 0 Å². The van der Waals surface area contributed by atoms with Crippen molar-refractivity contribution in [1.82, 2.24) is 5.32 Å². The second-order valence-corrected chi connectivity index (χ2v) is 5.25. The van der Waals surface area contributed by atoms with Crippen molar-refractivity contribution in [3.63, 3.8) is 0 Å². The molecule has 0 aliphatic heterocycles. The molecule has 0 aliphatic carbocycles. The molecule has 0 bridgehead atoms. The predicted octanol–water partition coefficient (Wildman–Crippen LogP) is 3.97. The van der Waals surface area contributed by atoms with Crippen LogP contribution in [0.1, 0.15) is 61.9 Å². The zero-order valence-electron chi connectivity index (χ0n) is 12.3. The van der Waals surface area contributed by atoms with Crippen molar-refractivity contribution in [3.8, 4) is 0 Å². The summed E-state index contributed by atoms with van der Waals surface area (Å²) in [6.07, 6.45) is 6.07. The Balaban J connectivity index is 2.38. The van der Waals surface area contributed by atoms with E-state index in [2.05, 4.69) is 19.2 Å². The highest BCUT2D eigenvalue weighted by molar-refractivity contribution is 5.87. The summed E-state index contributed by atoms with van der Waals surface area (Å²) in [4.78, 5) is 10.7. The molecule has 0 aliphatic rings. The minimum atomic E-state index is -1.23. The van der Waals surface area contributed by atoms with E-state index in [9.17, 15) is 9.18 Å². The number of rotatable bonds is 9. The average Bonchev–Trinajstić information content (AvgIpc) is 2.41. The standard InChI is InChI=1S/C16H24FNO2/c1-3-4-5-6-7-12(2)18-11-13-8-9-14(16(19)20)15(17)10-13/h8-10,12,18H,3-7,11H2,1-2H3,(H,19,20). The molecule has 1 aromatic carbocycles. The van der Waals surface area contributed by atoms with E-state index in [0.717, 1.165) is 12.0 Å². The van der Waals surface area contributed by atoms with Crippen LogP contribution in [0.5, 0.6) is 0 Å². The van der Waals surface area contributed by atoms with E-state index in [0.29, 0.717) is 12.6 Å². The fourth-order valence-corrected chi connectivity index (χ4v) is 2.11. The number of benzene rings is 1. The second kappa shape index (κ2) is 8.69. The average molecular weight is 281 g/mol. The first kappa shape index (κ1) is 16.6. The van der Waals surface area contributed by atoms with E-state index in [-0.39, 0.29) is 5.56 Å². The zero-order chi connectivity index (χ0) is 15.0. The lowest BCUT2D eigenvalue weighted by Crippen LogP contribution is -2.25. The van der Waals surface area contributed by atoms with E-state index in [1.165, 1.54) is 37.8 Å². The summed E-state index contributed by atoms with van der Waals surface area (Å²) in [5, 5.41) is 12.1. The number of halogens is 1. The summed E-state index contributed by atoms with van der Waals surface area (Å²) in [5.74, 6) is -1.90. The number of aromatic carboxylic acids is 1. The van der Waals surface area contributed by atoms with Gasteiger partial charge in [0.05, 0.1) is 5.56 Å². The Bertz CT molecular complexity index is 434. The van der Waals surface area contributed by atoms with Gasteiger partial charge in [-0.15, -0.1) is 0 Å². The maximum atomic E-state index is 13.5. The minimum absolute atomic E-state index is 0.277. The summed E-state index contributed by atoms with van der Waals surface area (Å²) in [5.41, 5.74) is 0.495. The van der Waals surface area contributed by atoms with Gasteiger partial charge >= 0.3 is 5.97 Å². The van der Waals surface area contributed by atoms with Crippen molar-refractivity contribution in [3.05, 3.63) is 35.1 Å². The van der Waals surface area contributed by atoms with Crippen molar-refractivity contribution in [2.45, 2.75) is 58.5 Å². The second-order valence-electron chi connectivity index (χ2n) is 5.25. The Hall–Kier alpha value is -1.42. The zero-order valence-corrected chi connectivity index (χ0v) is 12.3. The minimum Gasteiger partial charge on any atom is -0.478 e. The van der Waals surface area contributed by atoms with Gasteiger partial charge in [0.2, 0.25) is 0 Å². The Labute approximate surface area is 120 Å². The molecule has 1 rings (SSSR count). The van der Waals surface area contributed by atoms with Gasteiger partial charge in [0, 0.05) is 12.6 Å². The molecule has 0 radical (unpaired) electrons. The lowest BCUT2D eigenvalue weighted by Gasteiger charge is -2.14. The van der Waals surface area contributed by atoms with Crippen LogP contribution >= 0.6 is 0 Å². The fourth-order valence-electron chi connectivity index (χ4n) is 2.11. The lowest BCUT2D eigenvalue weighted by atomic mass is 10.1. The Morgan fingerprint density at radius 2 is 2.10 bits per heavy atom. The maximum absolute atomic E-state index is 13.5. The number of nitrogens with one attached hydrogen (secondary N) is 1. The molecule has 0 saturated heterocycles. The summed E-state index contributed by atoms with van der Waals surface area (Å²) in [6, 6.07) is 4.65. The van der Waals surface area contributed by atoms with Crippen LogP contribution in [-0.4, -0.2) is 17.1 Å². The molecule has 1 unspecified atom stereocenters. The summed E-state index contributed by atoms with van der Waals surface area (Å²) < 4.78 is 13.5. The number of hydrogen-bond donors (Lipinski definition) is 2. The monoisotopic (exact) mass is 281 g/mol. The third-order valence-corrected chi connectivity index (χ3v) is 3.41. The van der Waals surface area contributed by atoms with Crippen LogP contribution in [0.3, 0.4) is 0 Å². The fraction of sp³-hybridized carbons (Fsp3) is 0.562. The van der Waals surface area contributed by atoms with Crippen LogP contribution in [0, 0.1) is 5.82 Å². The Kier molecular flexibility index (Phi) is 7.23. The van der Waals surface area contributed by atoms with Crippen LogP contribution < -0.4 is 5.32 Å². The van der Waals surface area contributed by atoms with Crippen molar-refractivity contribution >= 4 is 5.97 Å². The van der Waals surface area contributed by atoms with Crippen molar-refractivity contribution in [2.75, 3.05) is 0 Å². The van der Waals surface area contributed by atoms with Gasteiger partial charge in [-0.3, -0.25) is 0 Å². The third kappa shape index (κ3) is 5.70. The number of hydrogen-bond acceptors (Lipinski definition) is 2. The number of carbonyl (C=O) groups is 1. The molecule has 0 heterocycles. The van der Waals surface area contributed by atoms with Gasteiger partial charge < -0.3 is 10.4 Å². The third-order valence-electron chi connectivity index (χ3n) is 3.41. The van der Waals surface area contributed by atoms with Gasteiger partial charge in [-0.2, -0.15) is 0 Å². The first-order valence-corrected chi connectivity index (χ1v) is 7.29. The van der Waals surface area contributed by atoms with E-state index >= 15 is 0 Å². The molecule has 0 spiro atoms. The van der Waals surface area contributed by atoms with E-state index in [1.807, 2.05) is 0 Å². The van der Waals surface area contributed by atoms with Crippen LogP contribution in [-0.2, 0) is 6.54 Å². The van der Waals surface area contributed by atoms with Gasteiger partial charge in [-0.1, -0.05) is 38.7 Å². The highest BCUT2D eigenvalue weighted by Gasteiger charge is 2.10. The SMILES string of the molecule is CCCCCCC(C)NCc1ccc(C(=O)O)c(F)c1. The summed E-state index contributed by atoms with van der Waals surface area (Å²) in [7, 11) is 0. The first-order valence-electron chi connectivity index (χ1n) is 7.29. The van der Waals surface area contributed by atoms with E-state index in [1.54, 1.807) is 6.07 Å². The van der Waals surface area contributed by atoms with Crippen LogP contribution in [0.15, 0.2) is 18.2 Å². The molecule has 0 saturated carbocycles. The Morgan fingerprint density at radius 1 is 1.35 bits per heavy atom. The molecule has 20 heavy (non-hydrogen) atoms. The molecule has 0 aromatic heterocycles. The molecule has 3 nitrogen and oxygen atoms in total. The van der Waals surface area contributed by atoms with E-state index in [4.69, 9.17) is 5.11 Å².